The summed E-state index contributed by atoms with van der Waals surface area (Å²) in [5, 5.41) is 4.20. The van der Waals surface area contributed by atoms with Crippen LogP contribution < -0.4 is 14.8 Å². The first-order chi connectivity index (χ1) is 10.8. The van der Waals surface area contributed by atoms with Crippen LogP contribution in [0.1, 0.15) is 17.9 Å². The molecule has 0 bridgehead atoms. The average Bonchev–Trinajstić information content (AvgIpc) is 2.56. The van der Waals surface area contributed by atoms with Crippen LogP contribution in [0.15, 0.2) is 48.5 Å². The highest BCUT2D eigenvalue weighted by molar-refractivity contribution is 6.30. The maximum atomic E-state index is 5.84. The molecular weight excluding hydrogens is 298 g/mol. The number of fused-ring (bicyclic) bond motifs is 1. The Morgan fingerprint density at radius 2 is 1.95 bits per heavy atom. The number of benzene rings is 2. The molecule has 4 heteroatoms. The van der Waals surface area contributed by atoms with Crippen LogP contribution in [0, 0.1) is 0 Å². The van der Waals surface area contributed by atoms with Crippen molar-refractivity contribution in [2.75, 3.05) is 26.3 Å². The van der Waals surface area contributed by atoms with E-state index in [0.29, 0.717) is 12.5 Å². The molecule has 1 unspecified atom stereocenters. The Hall–Kier alpha value is -1.71. The van der Waals surface area contributed by atoms with Crippen molar-refractivity contribution in [3.63, 3.8) is 0 Å². The molecule has 2 aromatic rings. The van der Waals surface area contributed by atoms with Gasteiger partial charge in [-0.15, -0.1) is 0 Å². The molecule has 1 atom stereocenters. The predicted molar refractivity (Wildman–Crippen MR) is 89.1 cm³/mol. The monoisotopic (exact) mass is 317 g/mol. The van der Waals surface area contributed by atoms with Crippen LogP contribution in [0.2, 0.25) is 5.02 Å². The van der Waals surface area contributed by atoms with Crippen molar-refractivity contribution in [2.45, 2.75) is 12.3 Å². The minimum Gasteiger partial charge on any atom is -0.493 e. The van der Waals surface area contributed by atoms with Gasteiger partial charge in [-0.2, -0.15) is 0 Å². The van der Waals surface area contributed by atoms with Crippen LogP contribution in [0.3, 0.4) is 0 Å². The molecule has 116 valence electrons. The van der Waals surface area contributed by atoms with Crippen molar-refractivity contribution >= 4 is 11.6 Å². The molecule has 3 rings (SSSR count). The molecule has 1 heterocycles. The van der Waals surface area contributed by atoms with Crippen molar-refractivity contribution in [3.05, 3.63) is 59.1 Å². The lowest BCUT2D eigenvalue weighted by Gasteiger charge is -2.26. The molecule has 0 amide bonds. The molecule has 0 spiro atoms. The van der Waals surface area contributed by atoms with Gasteiger partial charge >= 0.3 is 0 Å². The molecule has 0 aliphatic carbocycles. The lowest BCUT2D eigenvalue weighted by atomic mass is 9.93. The zero-order chi connectivity index (χ0) is 15.2. The van der Waals surface area contributed by atoms with Crippen LogP contribution >= 0.6 is 11.6 Å². The van der Waals surface area contributed by atoms with Crippen molar-refractivity contribution in [1.82, 2.24) is 5.32 Å². The molecular formula is C18H20ClNO2. The van der Waals surface area contributed by atoms with Crippen LogP contribution in [-0.4, -0.2) is 26.3 Å². The van der Waals surface area contributed by atoms with E-state index in [9.17, 15) is 0 Å². The number of halogens is 1. The normalized spacial score (nSPS) is 16.7. The van der Waals surface area contributed by atoms with Gasteiger partial charge in [-0.3, -0.25) is 0 Å². The summed E-state index contributed by atoms with van der Waals surface area (Å²) >= 11 is 5.84. The number of hydrogen-bond donors (Lipinski definition) is 1. The molecule has 0 radical (unpaired) electrons. The Labute approximate surface area is 136 Å². The molecule has 0 saturated carbocycles. The zero-order valence-electron chi connectivity index (χ0n) is 12.4. The molecule has 2 aromatic carbocycles. The fourth-order valence-corrected chi connectivity index (χ4v) is 2.80. The van der Waals surface area contributed by atoms with Crippen molar-refractivity contribution in [1.29, 1.82) is 0 Å². The number of ether oxygens (including phenoxy) is 2. The van der Waals surface area contributed by atoms with Gasteiger partial charge in [0.15, 0.2) is 0 Å². The summed E-state index contributed by atoms with van der Waals surface area (Å²) in [5.74, 6) is 2.39. The van der Waals surface area contributed by atoms with Crippen LogP contribution in [0.25, 0.3) is 0 Å². The van der Waals surface area contributed by atoms with Crippen molar-refractivity contribution < 1.29 is 9.47 Å². The summed E-state index contributed by atoms with van der Waals surface area (Å²) in [6.07, 6.45) is 1.06. The van der Waals surface area contributed by atoms with Gasteiger partial charge < -0.3 is 14.8 Å². The fraction of sp³-hybridized carbons (Fsp3) is 0.333. The molecule has 3 nitrogen and oxygen atoms in total. The highest BCUT2D eigenvalue weighted by Gasteiger charge is 2.20. The van der Waals surface area contributed by atoms with Crippen molar-refractivity contribution in [2.24, 2.45) is 0 Å². The van der Waals surface area contributed by atoms with Crippen LogP contribution in [-0.2, 0) is 0 Å². The van der Waals surface area contributed by atoms with E-state index in [1.807, 2.05) is 36.4 Å². The molecule has 1 N–H and O–H groups in total. The molecule has 1 aliphatic rings. The third kappa shape index (κ3) is 3.93. The summed E-state index contributed by atoms with van der Waals surface area (Å²) in [4.78, 5) is 0. The second-order valence-corrected chi connectivity index (χ2v) is 5.81. The van der Waals surface area contributed by atoms with E-state index in [1.165, 1.54) is 5.56 Å². The molecule has 0 aromatic heterocycles. The second-order valence-electron chi connectivity index (χ2n) is 5.38. The maximum absolute atomic E-state index is 5.84. The lowest BCUT2D eigenvalue weighted by Crippen LogP contribution is -2.29. The van der Waals surface area contributed by atoms with E-state index in [2.05, 4.69) is 17.4 Å². The SMILES string of the molecule is Clc1ccc(OCCNCC2CCOc3ccccc32)cc1. The minimum absolute atomic E-state index is 0.514. The summed E-state index contributed by atoms with van der Waals surface area (Å²) in [6, 6.07) is 15.7. The van der Waals surface area contributed by atoms with Gasteiger partial charge in [-0.25, -0.2) is 0 Å². The number of nitrogens with one attached hydrogen (secondary N) is 1. The first kappa shape index (κ1) is 15.2. The van der Waals surface area contributed by atoms with Gasteiger partial charge in [-0.1, -0.05) is 29.8 Å². The topological polar surface area (TPSA) is 30.5 Å². The fourth-order valence-electron chi connectivity index (χ4n) is 2.68. The highest BCUT2D eigenvalue weighted by atomic mass is 35.5. The van der Waals surface area contributed by atoms with E-state index in [0.717, 1.165) is 42.6 Å². The van der Waals surface area contributed by atoms with E-state index >= 15 is 0 Å². The number of para-hydroxylation sites is 1. The zero-order valence-corrected chi connectivity index (χ0v) is 13.2. The lowest BCUT2D eigenvalue weighted by molar-refractivity contribution is 0.261. The molecule has 22 heavy (non-hydrogen) atoms. The largest absolute Gasteiger partial charge is 0.493 e. The molecule has 0 fully saturated rings. The predicted octanol–water partition coefficient (Wildman–Crippen LogP) is 3.87. The third-order valence-corrected chi connectivity index (χ3v) is 4.09. The summed E-state index contributed by atoms with van der Waals surface area (Å²) < 4.78 is 11.4. The van der Waals surface area contributed by atoms with Crippen LogP contribution in [0.4, 0.5) is 0 Å². The first-order valence-corrected chi connectivity index (χ1v) is 8.01. The van der Waals surface area contributed by atoms with Crippen LogP contribution in [0.5, 0.6) is 11.5 Å². The van der Waals surface area contributed by atoms with Crippen molar-refractivity contribution in [3.8, 4) is 11.5 Å². The Morgan fingerprint density at radius 3 is 2.82 bits per heavy atom. The average molecular weight is 318 g/mol. The van der Waals surface area contributed by atoms with Gasteiger partial charge in [0, 0.05) is 24.0 Å². The van der Waals surface area contributed by atoms with E-state index in [1.54, 1.807) is 0 Å². The Morgan fingerprint density at radius 1 is 1.14 bits per heavy atom. The van der Waals surface area contributed by atoms with E-state index < -0.39 is 0 Å². The Bertz CT molecular complexity index is 600. The smallest absolute Gasteiger partial charge is 0.122 e. The molecule has 1 aliphatic heterocycles. The number of rotatable bonds is 6. The van der Waals surface area contributed by atoms with E-state index in [-0.39, 0.29) is 0 Å². The van der Waals surface area contributed by atoms with Gasteiger partial charge in [0.25, 0.3) is 0 Å². The minimum atomic E-state index is 0.514. The second kappa shape index (κ2) is 7.52. The Balaban J connectivity index is 1.41. The highest BCUT2D eigenvalue weighted by Crippen LogP contribution is 2.32. The Kier molecular flexibility index (Phi) is 5.20. The molecule has 0 saturated heterocycles. The summed E-state index contributed by atoms with van der Waals surface area (Å²) in [6.45, 7) is 3.21. The quantitative estimate of drug-likeness (QED) is 0.820. The van der Waals surface area contributed by atoms with E-state index in [4.69, 9.17) is 21.1 Å². The number of hydrogen-bond acceptors (Lipinski definition) is 3. The van der Waals surface area contributed by atoms with Gasteiger partial charge in [0.1, 0.15) is 18.1 Å². The summed E-state index contributed by atoms with van der Waals surface area (Å²) in [7, 11) is 0. The van der Waals surface area contributed by atoms with Gasteiger partial charge in [-0.05, 0) is 42.3 Å². The van der Waals surface area contributed by atoms with Gasteiger partial charge in [0.05, 0.1) is 6.61 Å². The summed E-state index contributed by atoms with van der Waals surface area (Å²) in [5.41, 5.74) is 1.31. The standard InChI is InChI=1S/C18H20ClNO2/c19-15-5-7-16(8-6-15)21-12-10-20-13-14-9-11-22-18-4-2-1-3-17(14)18/h1-8,14,20H,9-13H2. The first-order valence-electron chi connectivity index (χ1n) is 7.64. The van der Waals surface area contributed by atoms with Gasteiger partial charge in [0.2, 0.25) is 0 Å². The third-order valence-electron chi connectivity index (χ3n) is 3.83. The maximum Gasteiger partial charge on any atom is 0.122 e.